The normalized spacial score (nSPS) is 13.7. The van der Waals surface area contributed by atoms with Crippen molar-refractivity contribution < 1.29 is 30.2 Å². The molecule has 0 heterocycles. The number of aliphatic hydroxyl groups is 2. The molecule has 21 heavy (non-hydrogen) atoms. The van der Waals surface area contributed by atoms with E-state index in [4.69, 9.17) is 25.4 Å². The molecule has 118 valence electrons. The van der Waals surface area contributed by atoms with Crippen LogP contribution in [0.15, 0.2) is 29.2 Å². The Morgan fingerprint density at radius 2 is 1.52 bits per heavy atom. The predicted molar refractivity (Wildman–Crippen MR) is 82.6 cm³/mol. The zero-order valence-electron chi connectivity index (χ0n) is 12.4. The number of carboxylic acid groups (broad SMARTS) is 1. The van der Waals surface area contributed by atoms with Crippen molar-refractivity contribution in [3.8, 4) is 0 Å². The van der Waals surface area contributed by atoms with Crippen LogP contribution in [0.3, 0.4) is 0 Å². The molecule has 1 aromatic rings. The molecule has 0 aliphatic heterocycles. The van der Waals surface area contributed by atoms with E-state index < -0.39 is 24.3 Å². The first-order valence-electron chi connectivity index (χ1n) is 6.11. The minimum atomic E-state index is -2.09. The molecule has 0 spiro atoms. The topological polar surface area (TPSA) is 118 Å². The first-order valence-corrected chi connectivity index (χ1v) is 7.34. The lowest BCUT2D eigenvalue weighted by molar-refractivity contribution is -0.181. The van der Waals surface area contributed by atoms with Crippen molar-refractivity contribution in [1.29, 1.82) is 0 Å². The van der Waals surface area contributed by atoms with E-state index in [9.17, 15) is 4.79 Å². The van der Waals surface area contributed by atoms with E-state index in [2.05, 4.69) is 0 Å². The molecule has 1 rings (SSSR count). The smallest absolute Gasteiger partial charge is 0.479 e. The monoisotopic (exact) mass is 316 g/mol. The van der Waals surface area contributed by atoms with Gasteiger partial charge in [0, 0.05) is 4.90 Å². The summed E-state index contributed by atoms with van der Waals surface area (Å²) < 4.78 is 0. The molecule has 1 aromatic carbocycles. The van der Waals surface area contributed by atoms with Crippen molar-refractivity contribution >= 4 is 30.3 Å². The standard InChI is InChI=1S/C7H9BO2S.C6H12O4/c1-11-7-4-2-6(3-5-7)8(9)10;1-5(2,9)6(3,10)4(7)8/h2-5,9-10H,1H3;9-10H,1-3H3,(H,7,8). The third-order valence-electron chi connectivity index (χ3n) is 3.02. The lowest BCUT2D eigenvalue weighted by Crippen LogP contribution is -2.53. The van der Waals surface area contributed by atoms with Gasteiger partial charge in [-0.25, -0.2) is 4.79 Å². The van der Waals surface area contributed by atoms with Crippen LogP contribution in [0.5, 0.6) is 0 Å². The maximum absolute atomic E-state index is 10.3. The van der Waals surface area contributed by atoms with E-state index in [1.54, 1.807) is 23.9 Å². The summed E-state index contributed by atoms with van der Waals surface area (Å²) in [5.41, 5.74) is -3.19. The van der Waals surface area contributed by atoms with Gasteiger partial charge in [0.15, 0.2) is 5.60 Å². The van der Waals surface area contributed by atoms with E-state index >= 15 is 0 Å². The van der Waals surface area contributed by atoms with Crippen molar-refractivity contribution in [1.82, 2.24) is 0 Å². The molecule has 8 heteroatoms. The number of hydrogen-bond donors (Lipinski definition) is 5. The van der Waals surface area contributed by atoms with Crippen LogP contribution in [-0.2, 0) is 4.79 Å². The van der Waals surface area contributed by atoms with Gasteiger partial charge in [-0.2, -0.15) is 0 Å². The zero-order chi connectivity index (χ0) is 16.8. The molecule has 0 amide bonds. The van der Waals surface area contributed by atoms with Crippen molar-refractivity contribution in [2.45, 2.75) is 36.9 Å². The summed E-state index contributed by atoms with van der Waals surface area (Å²) in [7, 11) is -1.36. The second-order valence-corrected chi connectivity index (χ2v) is 5.96. The molecule has 1 atom stereocenters. The van der Waals surface area contributed by atoms with Crippen LogP contribution in [0.1, 0.15) is 20.8 Å². The third kappa shape index (κ3) is 6.07. The first kappa shape index (κ1) is 19.9. The van der Waals surface area contributed by atoms with Crippen LogP contribution < -0.4 is 5.46 Å². The van der Waals surface area contributed by atoms with Gasteiger partial charge in [0.1, 0.15) is 0 Å². The number of aliphatic carboxylic acids is 1. The fourth-order valence-electron chi connectivity index (χ4n) is 1.04. The summed E-state index contributed by atoms with van der Waals surface area (Å²) in [4.78, 5) is 11.4. The number of hydrogen-bond acceptors (Lipinski definition) is 6. The average molecular weight is 316 g/mol. The van der Waals surface area contributed by atoms with Crippen LogP contribution in [0, 0.1) is 0 Å². The fraction of sp³-hybridized carbons (Fsp3) is 0.462. The quantitative estimate of drug-likeness (QED) is 0.382. The average Bonchev–Trinajstić information content (AvgIpc) is 2.38. The van der Waals surface area contributed by atoms with Crippen molar-refractivity contribution in [3.05, 3.63) is 24.3 Å². The molecule has 0 aliphatic rings. The lowest BCUT2D eigenvalue weighted by atomic mass is 9.81. The summed E-state index contributed by atoms with van der Waals surface area (Å²) in [6.07, 6.45) is 1.98. The SMILES string of the molecule is CC(C)(O)C(C)(O)C(=O)O.CSc1ccc(B(O)O)cc1. The van der Waals surface area contributed by atoms with Gasteiger partial charge in [-0.15, -0.1) is 11.8 Å². The Hall–Kier alpha value is -1.06. The number of benzene rings is 1. The van der Waals surface area contributed by atoms with E-state index in [0.29, 0.717) is 5.46 Å². The molecule has 0 radical (unpaired) electrons. The second-order valence-electron chi connectivity index (χ2n) is 5.08. The summed E-state index contributed by atoms with van der Waals surface area (Å²) in [6, 6.07) is 7.13. The Balaban J connectivity index is 0.000000384. The van der Waals surface area contributed by atoms with Crippen molar-refractivity contribution in [2.75, 3.05) is 6.26 Å². The van der Waals surface area contributed by atoms with Crippen LogP contribution in [0.25, 0.3) is 0 Å². The number of carboxylic acids is 1. The Labute approximate surface area is 128 Å². The van der Waals surface area contributed by atoms with Gasteiger partial charge >= 0.3 is 13.1 Å². The van der Waals surface area contributed by atoms with E-state index in [0.717, 1.165) is 11.8 Å². The molecule has 0 saturated carbocycles. The molecule has 0 bridgehead atoms. The Kier molecular flexibility index (Phi) is 7.42. The highest BCUT2D eigenvalue weighted by atomic mass is 32.2. The molecule has 6 nitrogen and oxygen atoms in total. The van der Waals surface area contributed by atoms with Crippen LogP contribution in [-0.4, -0.2) is 55.9 Å². The Morgan fingerprint density at radius 3 is 1.71 bits per heavy atom. The van der Waals surface area contributed by atoms with Gasteiger partial charge in [-0.1, -0.05) is 12.1 Å². The van der Waals surface area contributed by atoms with Crippen molar-refractivity contribution in [2.24, 2.45) is 0 Å². The van der Waals surface area contributed by atoms with Gasteiger partial charge in [0.05, 0.1) is 5.60 Å². The van der Waals surface area contributed by atoms with Crippen LogP contribution in [0.2, 0.25) is 0 Å². The highest BCUT2D eigenvalue weighted by Gasteiger charge is 2.44. The highest BCUT2D eigenvalue weighted by Crippen LogP contribution is 2.20. The van der Waals surface area contributed by atoms with Crippen LogP contribution in [0.4, 0.5) is 0 Å². The Bertz CT molecular complexity index is 453. The molecule has 0 aliphatic carbocycles. The number of carbonyl (C=O) groups is 1. The van der Waals surface area contributed by atoms with E-state index in [1.807, 2.05) is 18.4 Å². The molecular formula is C13H21BO6S. The first-order chi connectivity index (χ1) is 9.43. The molecule has 0 aromatic heterocycles. The summed E-state index contributed by atoms with van der Waals surface area (Å²) in [6.45, 7) is 3.53. The molecular weight excluding hydrogens is 295 g/mol. The fourth-order valence-corrected chi connectivity index (χ4v) is 1.45. The predicted octanol–water partition coefficient (Wildman–Crippen LogP) is -0.319. The van der Waals surface area contributed by atoms with Crippen LogP contribution >= 0.6 is 11.8 Å². The maximum Gasteiger partial charge on any atom is 0.488 e. The second kappa shape index (κ2) is 7.81. The largest absolute Gasteiger partial charge is 0.488 e. The van der Waals surface area contributed by atoms with Crippen molar-refractivity contribution in [3.63, 3.8) is 0 Å². The highest BCUT2D eigenvalue weighted by molar-refractivity contribution is 7.98. The summed E-state index contributed by atoms with van der Waals surface area (Å²) >= 11 is 1.63. The van der Waals surface area contributed by atoms with E-state index in [-0.39, 0.29) is 0 Å². The maximum atomic E-state index is 10.3. The lowest BCUT2D eigenvalue weighted by Gasteiger charge is -2.30. The van der Waals surface area contributed by atoms with Gasteiger partial charge in [-0.05, 0) is 44.6 Å². The number of rotatable bonds is 4. The van der Waals surface area contributed by atoms with E-state index in [1.165, 1.54) is 13.8 Å². The van der Waals surface area contributed by atoms with Gasteiger partial charge in [-0.3, -0.25) is 0 Å². The number of thioether (sulfide) groups is 1. The third-order valence-corrected chi connectivity index (χ3v) is 3.77. The van der Waals surface area contributed by atoms with Gasteiger partial charge in [0.25, 0.3) is 0 Å². The zero-order valence-corrected chi connectivity index (χ0v) is 13.3. The molecule has 1 unspecified atom stereocenters. The molecule has 5 N–H and O–H groups in total. The summed E-state index contributed by atoms with van der Waals surface area (Å²) in [5.74, 6) is -1.43. The minimum absolute atomic E-state index is 0.530. The molecule has 0 fully saturated rings. The van der Waals surface area contributed by atoms with Gasteiger partial charge in [0.2, 0.25) is 0 Å². The molecule has 0 saturated heterocycles. The minimum Gasteiger partial charge on any atom is -0.479 e. The Morgan fingerprint density at radius 1 is 1.10 bits per heavy atom. The summed E-state index contributed by atoms with van der Waals surface area (Å²) in [5, 5.41) is 44.0. The van der Waals surface area contributed by atoms with Gasteiger partial charge < -0.3 is 25.4 Å².